The Balaban J connectivity index is 1.47. The number of anilines is 1. The predicted octanol–water partition coefficient (Wildman–Crippen LogP) is 3.20. The van der Waals surface area contributed by atoms with Crippen LogP contribution in [0.1, 0.15) is 12.8 Å². The van der Waals surface area contributed by atoms with E-state index in [1.165, 1.54) is 0 Å². The molecule has 3 aromatic heterocycles. The standard InChI is InChI=1S/C20H16N6O/c27-20(14-3-4-14)22-16-7-5-13(6-8-16)17-9-10-18-23-24-19(26(18)25-17)15-2-1-11-21-12-15/h1-2,5-12,14H,3-4H2,(H,22,27). The lowest BCUT2D eigenvalue weighted by Gasteiger charge is -2.06. The second-order valence-corrected chi connectivity index (χ2v) is 6.59. The molecule has 5 rings (SSSR count). The Bertz CT molecular complexity index is 1120. The van der Waals surface area contributed by atoms with Crippen molar-refractivity contribution in [3.05, 3.63) is 60.9 Å². The van der Waals surface area contributed by atoms with Crippen LogP contribution >= 0.6 is 0 Å². The molecule has 1 aromatic carbocycles. The molecule has 1 amide bonds. The number of nitrogens with one attached hydrogen (secondary N) is 1. The highest BCUT2D eigenvalue weighted by Crippen LogP contribution is 2.30. The molecule has 7 heteroatoms. The van der Waals surface area contributed by atoms with Gasteiger partial charge < -0.3 is 5.32 Å². The molecule has 0 saturated heterocycles. The van der Waals surface area contributed by atoms with Gasteiger partial charge in [0, 0.05) is 35.1 Å². The zero-order chi connectivity index (χ0) is 18.2. The Morgan fingerprint density at radius 1 is 1.00 bits per heavy atom. The zero-order valence-electron chi connectivity index (χ0n) is 14.4. The topological polar surface area (TPSA) is 85.1 Å². The summed E-state index contributed by atoms with van der Waals surface area (Å²) in [6, 6.07) is 15.3. The van der Waals surface area contributed by atoms with Crippen LogP contribution in [0.15, 0.2) is 60.9 Å². The van der Waals surface area contributed by atoms with Crippen molar-refractivity contribution in [1.82, 2.24) is 24.8 Å². The van der Waals surface area contributed by atoms with E-state index in [0.717, 1.165) is 35.3 Å². The van der Waals surface area contributed by atoms with Crippen molar-refractivity contribution in [2.24, 2.45) is 5.92 Å². The number of aromatic nitrogens is 5. The molecule has 0 aliphatic heterocycles. The number of amides is 1. The van der Waals surface area contributed by atoms with E-state index in [2.05, 4.69) is 25.6 Å². The maximum Gasteiger partial charge on any atom is 0.227 e. The third kappa shape index (κ3) is 3.03. The highest BCUT2D eigenvalue weighted by molar-refractivity contribution is 5.94. The third-order valence-electron chi connectivity index (χ3n) is 4.58. The van der Waals surface area contributed by atoms with Crippen LogP contribution in [0.25, 0.3) is 28.3 Å². The quantitative estimate of drug-likeness (QED) is 0.607. The van der Waals surface area contributed by atoms with Crippen molar-refractivity contribution >= 4 is 17.2 Å². The minimum Gasteiger partial charge on any atom is -0.326 e. The second-order valence-electron chi connectivity index (χ2n) is 6.59. The van der Waals surface area contributed by atoms with E-state index in [0.29, 0.717) is 11.5 Å². The molecular weight excluding hydrogens is 340 g/mol. The number of nitrogens with zero attached hydrogens (tertiary/aromatic N) is 5. The van der Waals surface area contributed by atoms with E-state index in [-0.39, 0.29) is 11.8 Å². The van der Waals surface area contributed by atoms with Crippen LogP contribution in [0.5, 0.6) is 0 Å². The summed E-state index contributed by atoms with van der Waals surface area (Å²) >= 11 is 0. The highest BCUT2D eigenvalue weighted by Gasteiger charge is 2.29. The molecule has 1 fully saturated rings. The average Bonchev–Trinajstić information content (AvgIpc) is 3.49. The summed E-state index contributed by atoms with van der Waals surface area (Å²) in [7, 11) is 0. The number of hydrogen-bond acceptors (Lipinski definition) is 5. The average molecular weight is 356 g/mol. The Kier molecular flexibility index (Phi) is 3.64. The number of fused-ring (bicyclic) bond motifs is 1. The van der Waals surface area contributed by atoms with E-state index < -0.39 is 0 Å². The van der Waals surface area contributed by atoms with Gasteiger partial charge in [0.15, 0.2) is 11.5 Å². The van der Waals surface area contributed by atoms with Crippen LogP contribution in [0.4, 0.5) is 5.69 Å². The molecular formula is C20H16N6O. The first-order valence-corrected chi connectivity index (χ1v) is 8.82. The molecule has 0 unspecified atom stereocenters. The van der Waals surface area contributed by atoms with Crippen molar-refractivity contribution < 1.29 is 4.79 Å². The fraction of sp³-hybridized carbons (Fsp3) is 0.150. The second kappa shape index (κ2) is 6.28. The van der Waals surface area contributed by atoms with E-state index in [4.69, 9.17) is 0 Å². The van der Waals surface area contributed by atoms with Crippen molar-refractivity contribution in [2.75, 3.05) is 5.32 Å². The molecule has 1 saturated carbocycles. The molecule has 0 spiro atoms. The number of pyridine rings is 1. The molecule has 1 N–H and O–H groups in total. The summed E-state index contributed by atoms with van der Waals surface area (Å²) in [5.74, 6) is 0.939. The van der Waals surface area contributed by atoms with Crippen LogP contribution in [0, 0.1) is 5.92 Å². The molecule has 7 nitrogen and oxygen atoms in total. The molecule has 1 aliphatic rings. The Labute approximate surface area is 155 Å². The monoisotopic (exact) mass is 356 g/mol. The van der Waals surface area contributed by atoms with Gasteiger partial charge in [0.1, 0.15) is 0 Å². The first-order valence-electron chi connectivity index (χ1n) is 8.82. The number of carbonyl (C=O) groups excluding carboxylic acids is 1. The van der Waals surface area contributed by atoms with Gasteiger partial charge in [-0.15, -0.1) is 10.2 Å². The van der Waals surface area contributed by atoms with Crippen LogP contribution in [-0.4, -0.2) is 30.7 Å². The van der Waals surface area contributed by atoms with Gasteiger partial charge in [-0.05, 0) is 49.2 Å². The lowest BCUT2D eigenvalue weighted by molar-refractivity contribution is -0.117. The predicted molar refractivity (Wildman–Crippen MR) is 101 cm³/mol. The molecule has 27 heavy (non-hydrogen) atoms. The normalized spacial score (nSPS) is 13.6. The summed E-state index contributed by atoms with van der Waals surface area (Å²) in [5, 5.41) is 16.0. The first-order chi connectivity index (χ1) is 13.3. The fourth-order valence-corrected chi connectivity index (χ4v) is 2.93. The third-order valence-corrected chi connectivity index (χ3v) is 4.58. The summed E-state index contributed by atoms with van der Waals surface area (Å²) in [6.45, 7) is 0. The summed E-state index contributed by atoms with van der Waals surface area (Å²) in [5.41, 5.74) is 4.08. The van der Waals surface area contributed by atoms with Crippen molar-refractivity contribution in [1.29, 1.82) is 0 Å². The van der Waals surface area contributed by atoms with Gasteiger partial charge in [0.2, 0.25) is 5.91 Å². The van der Waals surface area contributed by atoms with E-state index in [1.54, 1.807) is 16.9 Å². The molecule has 0 radical (unpaired) electrons. The Hall–Kier alpha value is -3.61. The number of rotatable bonds is 4. The van der Waals surface area contributed by atoms with E-state index >= 15 is 0 Å². The lowest BCUT2D eigenvalue weighted by atomic mass is 10.1. The maximum atomic E-state index is 11.9. The van der Waals surface area contributed by atoms with E-state index in [1.807, 2.05) is 48.5 Å². The first kappa shape index (κ1) is 15.6. The number of benzene rings is 1. The summed E-state index contributed by atoms with van der Waals surface area (Å²) < 4.78 is 1.72. The van der Waals surface area contributed by atoms with Crippen molar-refractivity contribution in [3.8, 4) is 22.6 Å². The molecule has 4 aromatic rings. The van der Waals surface area contributed by atoms with Crippen LogP contribution in [-0.2, 0) is 4.79 Å². The van der Waals surface area contributed by atoms with Gasteiger partial charge in [-0.25, -0.2) is 0 Å². The molecule has 1 aliphatic carbocycles. The van der Waals surface area contributed by atoms with E-state index in [9.17, 15) is 4.79 Å². The van der Waals surface area contributed by atoms with Gasteiger partial charge in [-0.1, -0.05) is 12.1 Å². The minimum atomic E-state index is 0.105. The Morgan fingerprint density at radius 2 is 1.85 bits per heavy atom. The number of hydrogen-bond donors (Lipinski definition) is 1. The highest BCUT2D eigenvalue weighted by atomic mass is 16.2. The SMILES string of the molecule is O=C(Nc1ccc(-c2ccc3nnc(-c4cccnc4)n3n2)cc1)C1CC1. The molecule has 3 heterocycles. The maximum absolute atomic E-state index is 11.9. The van der Waals surface area contributed by atoms with Crippen LogP contribution in [0.3, 0.4) is 0 Å². The van der Waals surface area contributed by atoms with Gasteiger partial charge in [-0.3, -0.25) is 9.78 Å². The summed E-state index contributed by atoms with van der Waals surface area (Å²) in [4.78, 5) is 16.0. The van der Waals surface area contributed by atoms with Crippen molar-refractivity contribution in [3.63, 3.8) is 0 Å². The van der Waals surface area contributed by atoms with Crippen LogP contribution < -0.4 is 5.32 Å². The Morgan fingerprint density at radius 3 is 2.59 bits per heavy atom. The fourth-order valence-electron chi connectivity index (χ4n) is 2.93. The van der Waals surface area contributed by atoms with Gasteiger partial charge >= 0.3 is 0 Å². The van der Waals surface area contributed by atoms with Gasteiger partial charge in [0.25, 0.3) is 0 Å². The molecule has 0 atom stereocenters. The smallest absolute Gasteiger partial charge is 0.227 e. The molecule has 0 bridgehead atoms. The van der Waals surface area contributed by atoms with Gasteiger partial charge in [-0.2, -0.15) is 9.61 Å². The largest absolute Gasteiger partial charge is 0.326 e. The summed E-state index contributed by atoms with van der Waals surface area (Å²) in [6.07, 6.45) is 5.44. The number of carbonyl (C=O) groups is 1. The van der Waals surface area contributed by atoms with Gasteiger partial charge in [0.05, 0.1) is 5.69 Å². The van der Waals surface area contributed by atoms with Crippen LogP contribution in [0.2, 0.25) is 0 Å². The zero-order valence-corrected chi connectivity index (χ0v) is 14.4. The van der Waals surface area contributed by atoms with Crippen molar-refractivity contribution in [2.45, 2.75) is 12.8 Å². The lowest BCUT2D eigenvalue weighted by Crippen LogP contribution is -2.13. The molecule has 132 valence electrons. The minimum absolute atomic E-state index is 0.105.